The minimum Gasteiger partial charge on any atom is -0.384 e. The summed E-state index contributed by atoms with van der Waals surface area (Å²) in [7, 11) is 0. The van der Waals surface area contributed by atoms with Gasteiger partial charge in [0.2, 0.25) is 0 Å². The molecule has 0 unspecified atom stereocenters. The molecule has 0 bridgehead atoms. The van der Waals surface area contributed by atoms with Crippen LogP contribution >= 0.6 is 0 Å². The average Bonchev–Trinajstić information content (AvgIpc) is 2.98. The van der Waals surface area contributed by atoms with Crippen molar-refractivity contribution < 1.29 is 0 Å². The third kappa shape index (κ3) is 3.86. The van der Waals surface area contributed by atoms with Crippen molar-refractivity contribution in [2.45, 2.75) is 26.7 Å². The molecule has 104 valence electrons. The molecule has 2 rings (SSSR count). The van der Waals surface area contributed by atoms with E-state index in [4.69, 9.17) is 5.26 Å². The smallest absolute Gasteiger partial charge is 0.0666 e. The fourth-order valence-corrected chi connectivity index (χ4v) is 2.00. The van der Waals surface area contributed by atoms with Gasteiger partial charge in [0, 0.05) is 31.0 Å². The molecular weight excluding hydrogens is 248 g/mol. The van der Waals surface area contributed by atoms with Crippen LogP contribution in [0.2, 0.25) is 0 Å². The van der Waals surface area contributed by atoms with Gasteiger partial charge in [0.25, 0.3) is 0 Å². The van der Waals surface area contributed by atoms with E-state index in [9.17, 15) is 0 Å². The van der Waals surface area contributed by atoms with Crippen molar-refractivity contribution in [2.24, 2.45) is 5.41 Å². The Kier molecular flexibility index (Phi) is 4.41. The Balaban J connectivity index is 2.00. The molecule has 0 radical (unpaired) electrons. The summed E-state index contributed by atoms with van der Waals surface area (Å²) >= 11 is 0. The highest BCUT2D eigenvalue weighted by Gasteiger charge is 2.17. The third-order valence-corrected chi connectivity index (χ3v) is 3.30. The van der Waals surface area contributed by atoms with Gasteiger partial charge in [-0.3, -0.25) is 0 Å². The van der Waals surface area contributed by atoms with E-state index in [0.29, 0.717) is 6.42 Å². The van der Waals surface area contributed by atoms with E-state index < -0.39 is 0 Å². The summed E-state index contributed by atoms with van der Waals surface area (Å²) in [5, 5.41) is 16.4. The van der Waals surface area contributed by atoms with Gasteiger partial charge in [-0.05, 0) is 36.1 Å². The van der Waals surface area contributed by atoms with Crippen LogP contribution < -0.4 is 5.32 Å². The van der Waals surface area contributed by atoms with Gasteiger partial charge in [0.15, 0.2) is 0 Å². The molecule has 4 nitrogen and oxygen atoms in total. The number of nitrogens with zero attached hydrogens (tertiary/aromatic N) is 3. The Bertz CT molecular complexity index is 579. The molecule has 1 N–H and O–H groups in total. The van der Waals surface area contributed by atoms with Crippen LogP contribution in [-0.4, -0.2) is 16.3 Å². The minimum atomic E-state index is 0.109. The number of aromatic nitrogens is 2. The van der Waals surface area contributed by atoms with Crippen LogP contribution in [0.15, 0.2) is 42.7 Å². The summed E-state index contributed by atoms with van der Waals surface area (Å²) in [6.07, 6.45) is 5.19. The number of benzene rings is 1. The topological polar surface area (TPSA) is 53.6 Å². The van der Waals surface area contributed by atoms with Gasteiger partial charge in [-0.15, -0.1) is 0 Å². The van der Waals surface area contributed by atoms with Crippen LogP contribution in [0, 0.1) is 16.7 Å². The first-order valence-corrected chi connectivity index (χ1v) is 6.82. The molecule has 0 amide bonds. The van der Waals surface area contributed by atoms with E-state index in [1.165, 1.54) is 0 Å². The third-order valence-electron chi connectivity index (χ3n) is 3.30. The van der Waals surface area contributed by atoms with Crippen molar-refractivity contribution in [3.8, 4) is 11.8 Å². The van der Waals surface area contributed by atoms with Crippen LogP contribution in [0.1, 0.15) is 26.7 Å². The molecule has 20 heavy (non-hydrogen) atoms. The van der Waals surface area contributed by atoms with E-state index >= 15 is 0 Å². The van der Waals surface area contributed by atoms with Crippen molar-refractivity contribution in [2.75, 3.05) is 11.9 Å². The molecule has 0 spiro atoms. The molecule has 0 atom stereocenters. The molecule has 1 aromatic heterocycles. The van der Waals surface area contributed by atoms with E-state index in [-0.39, 0.29) is 5.41 Å². The lowest BCUT2D eigenvalue weighted by Crippen LogP contribution is -2.22. The van der Waals surface area contributed by atoms with Crippen LogP contribution in [0.5, 0.6) is 0 Å². The highest BCUT2D eigenvalue weighted by Crippen LogP contribution is 2.23. The van der Waals surface area contributed by atoms with Gasteiger partial charge in [0.1, 0.15) is 0 Å². The lowest BCUT2D eigenvalue weighted by Gasteiger charge is -2.24. The van der Waals surface area contributed by atoms with Crippen molar-refractivity contribution in [1.29, 1.82) is 5.26 Å². The normalized spacial score (nSPS) is 11.1. The molecule has 0 saturated carbocycles. The summed E-state index contributed by atoms with van der Waals surface area (Å²) in [6.45, 7) is 5.20. The number of nitrogens with one attached hydrogen (secondary N) is 1. The number of rotatable bonds is 6. The predicted molar refractivity (Wildman–Crippen MR) is 80.7 cm³/mol. The highest BCUT2D eigenvalue weighted by molar-refractivity contribution is 5.50. The fraction of sp³-hybridized carbons (Fsp3) is 0.375. The summed E-state index contributed by atoms with van der Waals surface area (Å²) in [5.74, 6) is 0. The first-order chi connectivity index (χ1) is 9.61. The lowest BCUT2D eigenvalue weighted by molar-refractivity contribution is 0.364. The highest BCUT2D eigenvalue weighted by atomic mass is 15.3. The lowest BCUT2D eigenvalue weighted by atomic mass is 9.88. The first kappa shape index (κ1) is 14.1. The maximum absolute atomic E-state index is 8.68. The van der Waals surface area contributed by atoms with Crippen LogP contribution in [0.25, 0.3) is 5.69 Å². The molecule has 1 aromatic carbocycles. The van der Waals surface area contributed by atoms with E-state index in [2.05, 4.69) is 36.4 Å². The molecule has 0 aliphatic heterocycles. The molecule has 0 saturated heterocycles. The Morgan fingerprint density at radius 3 is 2.90 bits per heavy atom. The molecule has 1 heterocycles. The average molecular weight is 268 g/mol. The Hall–Kier alpha value is -2.28. The molecule has 0 aliphatic carbocycles. The zero-order valence-electron chi connectivity index (χ0n) is 12.0. The van der Waals surface area contributed by atoms with Gasteiger partial charge in [-0.25, -0.2) is 4.68 Å². The Labute approximate surface area is 120 Å². The maximum Gasteiger partial charge on any atom is 0.0666 e. The predicted octanol–water partition coefficient (Wildman–Crippen LogP) is 3.61. The second-order valence-electron chi connectivity index (χ2n) is 5.68. The van der Waals surface area contributed by atoms with E-state index in [0.717, 1.165) is 24.3 Å². The van der Waals surface area contributed by atoms with Gasteiger partial charge < -0.3 is 5.32 Å². The van der Waals surface area contributed by atoms with Crippen molar-refractivity contribution in [3.05, 3.63) is 42.7 Å². The molecule has 0 aliphatic rings. The summed E-state index contributed by atoms with van der Waals surface area (Å²) in [5.41, 5.74) is 2.22. The van der Waals surface area contributed by atoms with Crippen molar-refractivity contribution in [1.82, 2.24) is 9.78 Å². The number of nitriles is 1. The number of hydrogen-bond acceptors (Lipinski definition) is 3. The van der Waals surface area contributed by atoms with Crippen LogP contribution in [0.4, 0.5) is 5.69 Å². The number of anilines is 1. The second kappa shape index (κ2) is 6.25. The summed E-state index contributed by atoms with van der Waals surface area (Å²) in [4.78, 5) is 0. The summed E-state index contributed by atoms with van der Waals surface area (Å²) in [6, 6.07) is 12.3. The molecule has 4 heteroatoms. The van der Waals surface area contributed by atoms with E-state index in [1.807, 2.05) is 35.1 Å². The standard InChI is InChI=1S/C16H20N4/c1-16(2,8-4-9-17)13-18-14-6-3-7-15(12-14)20-11-5-10-19-20/h3,5-7,10-12,18H,4,8,13H2,1-2H3. The minimum absolute atomic E-state index is 0.109. The van der Waals surface area contributed by atoms with Crippen LogP contribution in [0.3, 0.4) is 0 Å². The van der Waals surface area contributed by atoms with Crippen LogP contribution in [-0.2, 0) is 0 Å². The second-order valence-corrected chi connectivity index (χ2v) is 5.68. The van der Waals surface area contributed by atoms with Gasteiger partial charge in [-0.1, -0.05) is 19.9 Å². The Morgan fingerprint density at radius 1 is 1.35 bits per heavy atom. The monoisotopic (exact) mass is 268 g/mol. The van der Waals surface area contributed by atoms with Crippen molar-refractivity contribution >= 4 is 5.69 Å². The Morgan fingerprint density at radius 2 is 2.20 bits per heavy atom. The number of hydrogen-bond donors (Lipinski definition) is 1. The van der Waals surface area contributed by atoms with Gasteiger partial charge >= 0.3 is 0 Å². The maximum atomic E-state index is 8.68. The van der Waals surface area contributed by atoms with Crippen molar-refractivity contribution in [3.63, 3.8) is 0 Å². The molecular formula is C16H20N4. The molecule has 2 aromatic rings. The SMILES string of the molecule is CC(C)(CCC#N)CNc1cccc(-n2cccn2)c1. The van der Waals surface area contributed by atoms with Gasteiger partial charge in [-0.2, -0.15) is 10.4 Å². The first-order valence-electron chi connectivity index (χ1n) is 6.82. The fourth-order valence-electron chi connectivity index (χ4n) is 2.00. The molecule has 0 fully saturated rings. The summed E-state index contributed by atoms with van der Waals surface area (Å²) < 4.78 is 1.84. The van der Waals surface area contributed by atoms with E-state index in [1.54, 1.807) is 6.20 Å². The van der Waals surface area contributed by atoms with Gasteiger partial charge in [0.05, 0.1) is 11.8 Å². The largest absolute Gasteiger partial charge is 0.384 e. The zero-order valence-corrected chi connectivity index (χ0v) is 12.0. The quantitative estimate of drug-likeness (QED) is 0.870. The zero-order chi connectivity index (χ0) is 14.4.